The molecule has 0 fully saturated rings. The average molecular weight is 410 g/mol. The summed E-state index contributed by atoms with van der Waals surface area (Å²) in [6, 6.07) is 0. The highest BCUT2D eigenvalue weighted by Gasteiger charge is 2.06. The van der Waals surface area contributed by atoms with Gasteiger partial charge in [-0.1, -0.05) is 118 Å². The number of unbranched alkanes of at least 4 members (excludes halogenated alkanes) is 13. The number of hydrogen-bond donors (Lipinski definition) is 0. The van der Waals surface area contributed by atoms with Gasteiger partial charge in [0.2, 0.25) is 0 Å². The van der Waals surface area contributed by atoms with Gasteiger partial charge in [-0.05, 0) is 63.6 Å². The summed E-state index contributed by atoms with van der Waals surface area (Å²) < 4.78 is 0. The van der Waals surface area contributed by atoms with Gasteiger partial charge >= 0.3 is 0 Å². The molecular formula is C28H59N. The minimum atomic E-state index is 0.855. The Bertz CT molecular complexity index is 283. The molecule has 0 aromatic heterocycles. The molecule has 0 bridgehead atoms. The van der Waals surface area contributed by atoms with Crippen LogP contribution in [0, 0.1) is 11.8 Å². The van der Waals surface area contributed by atoms with Gasteiger partial charge < -0.3 is 4.90 Å². The van der Waals surface area contributed by atoms with Gasteiger partial charge in [-0.3, -0.25) is 0 Å². The molecule has 0 unspecified atom stereocenters. The van der Waals surface area contributed by atoms with Crippen LogP contribution in [0.1, 0.15) is 150 Å². The first-order valence-electron chi connectivity index (χ1n) is 13.8. The SMILES string of the molecule is CCCCCCCCCCCCCCCCN(CCCC(C)C)CCCC(C)C. The van der Waals surface area contributed by atoms with Crippen LogP contribution in [-0.2, 0) is 0 Å². The average Bonchev–Trinajstić information content (AvgIpc) is 2.67. The lowest BCUT2D eigenvalue weighted by Gasteiger charge is -2.23. The Hall–Kier alpha value is -0.0400. The van der Waals surface area contributed by atoms with Crippen LogP contribution in [0.5, 0.6) is 0 Å². The van der Waals surface area contributed by atoms with Crippen LogP contribution in [0.15, 0.2) is 0 Å². The fraction of sp³-hybridized carbons (Fsp3) is 1.00. The summed E-state index contributed by atoms with van der Waals surface area (Å²) in [6.07, 6.45) is 26.0. The van der Waals surface area contributed by atoms with Gasteiger partial charge in [-0.25, -0.2) is 0 Å². The van der Waals surface area contributed by atoms with E-state index in [2.05, 4.69) is 39.5 Å². The van der Waals surface area contributed by atoms with E-state index in [0.717, 1.165) is 11.8 Å². The van der Waals surface area contributed by atoms with Crippen molar-refractivity contribution in [1.82, 2.24) is 4.90 Å². The Labute approximate surface area is 186 Å². The second kappa shape index (κ2) is 22.6. The van der Waals surface area contributed by atoms with Crippen LogP contribution in [0.25, 0.3) is 0 Å². The highest BCUT2D eigenvalue weighted by Crippen LogP contribution is 2.14. The third-order valence-electron chi connectivity index (χ3n) is 6.34. The zero-order chi connectivity index (χ0) is 21.6. The van der Waals surface area contributed by atoms with Gasteiger partial charge in [-0.15, -0.1) is 0 Å². The molecular weight excluding hydrogens is 350 g/mol. The minimum Gasteiger partial charge on any atom is -0.303 e. The fourth-order valence-electron chi connectivity index (χ4n) is 4.31. The molecule has 0 aliphatic carbocycles. The quantitative estimate of drug-likeness (QED) is 0.152. The second-order valence-electron chi connectivity index (χ2n) is 10.5. The number of rotatable bonds is 23. The third-order valence-corrected chi connectivity index (χ3v) is 6.34. The first-order valence-corrected chi connectivity index (χ1v) is 13.8. The molecule has 0 aromatic carbocycles. The Balaban J connectivity index is 3.55. The van der Waals surface area contributed by atoms with Crippen LogP contribution in [0.4, 0.5) is 0 Å². The zero-order valence-corrected chi connectivity index (χ0v) is 21.5. The van der Waals surface area contributed by atoms with Crippen LogP contribution in [-0.4, -0.2) is 24.5 Å². The van der Waals surface area contributed by atoms with Crippen molar-refractivity contribution in [2.75, 3.05) is 19.6 Å². The van der Waals surface area contributed by atoms with Crippen molar-refractivity contribution in [3.63, 3.8) is 0 Å². The summed E-state index contributed by atoms with van der Waals surface area (Å²) in [6.45, 7) is 15.7. The molecule has 0 aliphatic heterocycles. The standard InChI is InChI=1S/C28H59N/c1-6-7-8-9-10-11-12-13-14-15-16-17-18-19-24-29(25-20-22-27(2)3)26-21-23-28(4)5/h27-28H,6-26H2,1-5H3. The van der Waals surface area contributed by atoms with Crippen molar-refractivity contribution < 1.29 is 0 Å². The number of nitrogens with zero attached hydrogens (tertiary/aromatic N) is 1. The molecule has 0 atom stereocenters. The summed E-state index contributed by atoms with van der Waals surface area (Å²) in [7, 11) is 0. The maximum atomic E-state index is 2.77. The molecule has 0 amide bonds. The van der Waals surface area contributed by atoms with E-state index in [4.69, 9.17) is 0 Å². The lowest BCUT2D eigenvalue weighted by atomic mass is 10.0. The molecule has 176 valence electrons. The molecule has 0 heterocycles. The van der Waals surface area contributed by atoms with Crippen LogP contribution < -0.4 is 0 Å². The third kappa shape index (κ3) is 24.1. The molecule has 0 rings (SSSR count). The molecule has 0 saturated carbocycles. The Kier molecular flexibility index (Phi) is 22.6. The minimum absolute atomic E-state index is 0.855. The largest absolute Gasteiger partial charge is 0.303 e. The predicted molar refractivity (Wildman–Crippen MR) is 135 cm³/mol. The fourth-order valence-corrected chi connectivity index (χ4v) is 4.31. The lowest BCUT2D eigenvalue weighted by molar-refractivity contribution is 0.248. The summed E-state index contributed by atoms with van der Waals surface area (Å²) in [5, 5.41) is 0. The maximum Gasteiger partial charge on any atom is -0.00186 e. The summed E-state index contributed by atoms with van der Waals surface area (Å²) in [5.74, 6) is 1.71. The molecule has 0 saturated heterocycles. The maximum absolute atomic E-state index is 2.77. The van der Waals surface area contributed by atoms with Crippen LogP contribution >= 0.6 is 0 Å². The van der Waals surface area contributed by atoms with Gasteiger partial charge in [-0.2, -0.15) is 0 Å². The van der Waals surface area contributed by atoms with E-state index in [1.54, 1.807) is 0 Å². The van der Waals surface area contributed by atoms with E-state index in [-0.39, 0.29) is 0 Å². The molecule has 29 heavy (non-hydrogen) atoms. The summed E-state index contributed by atoms with van der Waals surface area (Å²) in [5.41, 5.74) is 0. The Morgan fingerprint density at radius 3 is 1.07 bits per heavy atom. The van der Waals surface area contributed by atoms with Crippen molar-refractivity contribution in [2.24, 2.45) is 11.8 Å². The second-order valence-corrected chi connectivity index (χ2v) is 10.5. The van der Waals surface area contributed by atoms with Crippen molar-refractivity contribution in [3.05, 3.63) is 0 Å². The topological polar surface area (TPSA) is 3.24 Å². The monoisotopic (exact) mass is 409 g/mol. The smallest absolute Gasteiger partial charge is 0.00186 e. The molecule has 0 aliphatic rings. The molecule has 1 nitrogen and oxygen atoms in total. The van der Waals surface area contributed by atoms with E-state index in [0.29, 0.717) is 0 Å². The molecule has 0 aromatic rings. The van der Waals surface area contributed by atoms with Gasteiger partial charge in [0.05, 0.1) is 0 Å². The first-order chi connectivity index (χ1) is 14.1. The van der Waals surface area contributed by atoms with Gasteiger partial charge in [0.1, 0.15) is 0 Å². The van der Waals surface area contributed by atoms with Gasteiger partial charge in [0, 0.05) is 0 Å². The van der Waals surface area contributed by atoms with E-state index >= 15 is 0 Å². The van der Waals surface area contributed by atoms with Gasteiger partial charge in [0.15, 0.2) is 0 Å². The first kappa shape index (κ1) is 29.0. The van der Waals surface area contributed by atoms with Crippen molar-refractivity contribution >= 4 is 0 Å². The summed E-state index contributed by atoms with van der Waals surface area (Å²) in [4.78, 5) is 2.77. The van der Waals surface area contributed by atoms with Gasteiger partial charge in [0.25, 0.3) is 0 Å². The van der Waals surface area contributed by atoms with E-state index in [9.17, 15) is 0 Å². The highest BCUT2D eigenvalue weighted by molar-refractivity contribution is 4.61. The van der Waals surface area contributed by atoms with E-state index < -0.39 is 0 Å². The Morgan fingerprint density at radius 1 is 0.414 bits per heavy atom. The van der Waals surface area contributed by atoms with Crippen LogP contribution in [0.3, 0.4) is 0 Å². The van der Waals surface area contributed by atoms with Crippen molar-refractivity contribution in [3.8, 4) is 0 Å². The normalized spacial score (nSPS) is 12.0. The van der Waals surface area contributed by atoms with Crippen LogP contribution in [0.2, 0.25) is 0 Å². The molecule has 1 heteroatoms. The predicted octanol–water partition coefficient (Wildman–Crippen LogP) is 9.64. The van der Waals surface area contributed by atoms with E-state index in [1.807, 2.05) is 0 Å². The van der Waals surface area contributed by atoms with Crippen molar-refractivity contribution in [1.29, 1.82) is 0 Å². The lowest BCUT2D eigenvalue weighted by Crippen LogP contribution is -2.27. The molecule has 0 N–H and O–H groups in total. The molecule has 0 spiro atoms. The molecule has 0 radical (unpaired) electrons. The Morgan fingerprint density at radius 2 is 0.724 bits per heavy atom. The number of hydrogen-bond acceptors (Lipinski definition) is 1. The highest BCUT2D eigenvalue weighted by atomic mass is 15.1. The van der Waals surface area contributed by atoms with Crippen molar-refractivity contribution in [2.45, 2.75) is 150 Å². The zero-order valence-electron chi connectivity index (χ0n) is 21.5. The summed E-state index contributed by atoms with van der Waals surface area (Å²) >= 11 is 0. The van der Waals surface area contributed by atoms with E-state index in [1.165, 1.54) is 135 Å².